The summed E-state index contributed by atoms with van der Waals surface area (Å²) >= 11 is 0. The number of fused-ring (bicyclic) bond motifs is 5. The van der Waals surface area contributed by atoms with Gasteiger partial charge in [0.1, 0.15) is 28.8 Å². The molecule has 208 valence electrons. The topological polar surface area (TPSA) is 72.9 Å². The molecule has 0 N–H and O–H groups in total. The molecule has 3 aliphatic rings. The van der Waals surface area contributed by atoms with E-state index in [-0.39, 0.29) is 17.1 Å². The molecule has 1 spiro atoms. The number of carbonyl (C=O) groups is 3. The van der Waals surface area contributed by atoms with Gasteiger partial charge >= 0.3 is 0 Å². The molecule has 2 heterocycles. The molecule has 0 bridgehead atoms. The van der Waals surface area contributed by atoms with Crippen molar-refractivity contribution in [2.24, 2.45) is 5.41 Å². The van der Waals surface area contributed by atoms with Crippen LogP contribution in [0.3, 0.4) is 0 Å². The summed E-state index contributed by atoms with van der Waals surface area (Å²) < 4.78 is 26.7. The summed E-state index contributed by atoms with van der Waals surface area (Å²) in [5, 5.41) is 0. The van der Waals surface area contributed by atoms with Crippen LogP contribution in [-0.2, 0) is 0 Å². The van der Waals surface area contributed by atoms with Crippen molar-refractivity contribution in [3.63, 3.8) is 0 Å². The van der Waals surface area contributed by atoms with E-state index in [9.17, 15) is 14.4 Å². The fourth-order valence-electron chi connectivity index (χ4n) is 7.16. The molecule has 4 aromatic carbocycles. The average Bonchev–Trinajstić information content (AvgIpc) is 3.46. The molecule has 1 fully saturated rings. The van der Waals surface area contributed by atoms with Crippen LogP contribution in [0.1, 0.15) is 48.1 Å². The largest absolute Gasteiger partial charge is 0.497 e. The number of nitrogens with zero attached hydrogens (tertiary/aromatic N) is 1. The second kappa shape index (κ2) is 9.52. The lowest BCUT2D eigenvalue weighted by molar-refractivity contribution is 0.0664. The quantitative estimate of drug-likeness (QED) is 0.216. The number of benzene rings is 4. The third-order valence-electron chi connectivity index (χ3n) is 8.89. The molecule has 0 radical (unpaired) electrons. The third kappa shape index (κ3) is 3.33. The molecule has 7 heteroatoms. The Morgan fingerprint density at radius 3 is 2.19 bits per heavy atom. The van der Waals surface area contributed by atoms with Crippen LogP contribution in [0.2, 0.25) is 0 Å². The average molecular weight is 560 g/mol. The Bertz CT molecular complexity index is 1790. The second-order valence-corrected chi connectivity index (χ2v) is 10.7. The van der Waals surface area contributed by atoms with Crippen LogP contribution < -0.4 is 14.4 Å². The number of rotatable bonds is 5. The molecular formula is C35H26FNO5. The number of ether oxygens (including phenoxy) is 2. The number of methoxy groups -OCH3 is 2. The minimum Gasteiger partial charge on any atom is -0.497 e. The molecule has 6 nitrogen and oxygen atoms in total. The zero-order valence-electron chi connectivity index (χ0n) is 22.9. The summed E-state index contributed by atoms with van der Waals surface area (Å²) in [6.45, 7) is 0. The monoisotopic (exact) mass is 559 g/mol. The SMILES string of the molecule is COc1ccc(OC)c([C@@H]2[C@@H](C(=O)c3ccccc3F)N3c4ccccc4C=C[C@@H]3C23C(=O)c2ccccc2C3=O)c1. The zero-order valence-corrected chi connectivity index (χ0v) is 22.9. The van der Waals surface area contributed by atoms with Crippen LogP contribution in [-0.4, -0.2) is 43.7 Å². The highest BCUT2D eigenvalue weighted by molar-refractivity contribution is 6.32. The Kier molecular flexibility index (Phi) is 5.87. The lowest BCUT2D eigenvalue weighted by Gasteiger charge is -2.37. The number of Topliss-reactive ketones (excluding diaryl/α,β-unsaturated/α-hetero) is 3. The Balaban J connectivity index is 1.60. The number of para-hydroxylation sites is 1. The maximum absolute atomic E-state index is 15.3. The molecule has 0 aromatic heterocycles. The van der Waals surface area contributed by atoms with Crippen molar-refractivity contribution in [2.75, 3.05) is 19.1 Å². The molecule has 0 saturated carbocycles. The highest BCUT2D eigenvalue weighted by atomic mass is 19.1. The molecule has 3 atom stereocenters. The molecule has 7 rings (SSSR count). The van der Waals surface area contributed by atoms with Crippen molar-refractivity contribution in [3.05, 3.63) is 131 Å². The molecule has 1 saturated heterocycles. The van der Waals surface area contributed by atoms with Crippen molar-refractivity contribution in [1.82, 2.24) is 0 Å². The number of halogens is 1. The summed E-state index contributed by atoms with van der Waals surface area (Å²) in [7, 11) is 3.01. The number of ketones is 3. The van der Waals surface area contributed by atoms with Crippen LogP contribution in [0.4, 0.5) is 10.1 Å². The van der Waals surface area contributed by atoms with Crippen molar-refractivity contribution in [3.8, 4) is 11.5 Å². The number of hydrogen-bond acceptors (Lipinski definition) is 6. The summed E-state index contributed by atoms with van der Waals surface area (Å²) in [4.78, 5) is 46.1. The van der Waals surface area contributed by atoms with Crippen molar-refractivity contribution >= 4 is 29.1 Å². The fourth-order valence-corrected chi connectivity index (χ4v) is 7.16. The van der Waals surface area contributed by atoms with Crippen LogP contribution in [0.15, 0.2) is 97.1 Å². The number of hydrogen-bond donors (Lipinski definition) is 0. The van der Waals surface area contributed by atoms with Crippen LogP contribution in [0, 0.1) is 11.2 Å². The first-order valence-electron chi connectivity index (χ1n) is 13.7. The summed E-state index contributed by atoms with van der Waals surface area (Å²) in [5.74, 6) is -2.16. The van der Waals surface area contributed by atoms with E-state index in [0.29, 0.717) is 33.9 Å². The van der Waals surface area contributed by atoms with E-state index >= 15 is 4.39 Å². The normalized spacial score (nSPS) is 21.2. The predicted octanol–water partition coefficient (Wildman–Crippen LogP) is 6.16. The molecule has 2 aliphatic heterocycles. The first-order valence-corrected chi connectivity index (χ1v) is 13.7. The van der Waals surface area contributed by atoms with Crippen molar-refractivity contribution < 1.29 is 28.2 Å². The Labute approximate surface area is 242 Å². The second-order valence-electron chi connectivity index (χ2n) is 10.7. The van der Waals surface area contributed by atoms with Gasteiger partial charge in [-0.1, -0.05) is 66.7 Å². The lowest BCUT2D eigenvalue weighted by atomic mass is 9.64. The predicted molar refractivity (Wildman–Crippen MR) is 156 cm³/mol. The first-order chi connectivity index (χ1) is 20.4. The van der Waals surface area contributed by atoms with Gasteiger partial charge in [-0.2, -0.15) is 0 Å². The third-order valence-corrected chi connectivity index (χ3v) is 8.89. The van der Waals surface area contributed by atoms with E-state index in [4.69, 9.17) is 9.47 Å². The van der Waals surface area contributed by atoms with Crippen LogP contribution >= 0.6 is 0 Å². The maximum atomic E-state index is 15.3. The number of anilines is 1. The van der Waals surface area contributed by atoms with E-state index in [1.807, 2.05) is 41.3 Å². The van der Waals surface area contributed by atoms with Crippen LogP contribution in [0.25, 0.3) is 6.08 Å². The first kappa shape index (κ1) is 25.9. The molecule has 4 aromatic rings. The fraction of sp³-hybridized carbons (Fsp3) is 0.171. The molecular weight excluding hydrogens is 533 g/mol. The Morgan fingerprint density at radius 1 is 0.833 bits per heavy atom. The minimum atomic E-state index is -1.74. The van der Waals surface area contributed by atoms with E-state index in [1.165, 1.54) is 32.4 Å². The summed E-state index contributed by atoms with van der Waals surface area (Å²) in [6, 6.07) is 23.2. The maximum Gasteiger partial charge on any atom is 0.188 e. The molecule has 0 unspecified atom stereocenters. The van der Waals surface area contributed by atoms with Crippen LogP contribution in [0.5, 0.6) is 11.5 Å². The molecule has 0 amide bonds. The van der Waals surface area contributed by atoms with Gasteiger partial charge in [0.15, 0.2) is 17.3 Å². The zero-order chi connectivity index (χ0) is 29.2. The summed E-state index contributed by atoms with van der Waals surface area (Å²) in [5.41, 5.74) is 0.720. The highest BCUT2D eigenvalue weighted by Gasteiger charge is 2.72. The van der Waals surface area contributed by atoms with E-state index < -0.39 is 35.0 Å². The van der Waals surface area contributed by atoms with Gasteiger partial charge in [0.05, 0.1) is 25.8 Å². The minimum absolute atomic E-state index is 0.118. The smallest absolute Gasteiger partial charge is 0.188 e. The van der Waals surface area contributed by atoms with Gasteiger partial charge in [0.25, 0.3) is 0 Å². The molecule has 1 aliphatic carbocycles. The van der Waals surface area contributed by atoms with E-state index in [0.717, 1.165) is 5.56 Å². The van der Waals surface area contributed by atoms with Gasteiger partial charge in [0, 0.05) is 28.3 Å². The van der Waals surface area contributed by atoms with Gasteiger partial charge in [-0.3, -0.25) is 14.4 Å². The van der Waals surface area contributed by atoms with E-state index in [2.05, 4.69) is 0 Å². The Hall–Kier alpha value is -5.04. The van der Waals surface area contributed by atoms with Gasteiger partial charge in [-0.25, -0.2) is 4.39 Å². The highest BCUT2D eigenvalue weighted by Crippen LogP contribution is 2.62. The number of carbonyl (C=O) groups excluding carboxylic acids is 3. The van der Waals surface area contributed by atoms with Gasteiger partial charge < -0.3 is 14.4 Å². The lowest BCUT2D eigenvalue weighted by Crippen LogP contribution is -2.48. The van der Waals surface area contributed by atoms with Gasteiger partial charge in [-0.05, 0) is 42.0 Å². The van der Waals surface area contributed by atoms with Crippen molar-refractivity contribution in [1.29, 1.82) is 0 Å². The van der Waals surface area contributed by atoms with Crippen molar-refractivity contribution in [2.45, 2.75) is 18.0 Å². The molecule has 42 heavy (non-hydrogen) atoms. The standard InChI is InChI=1S/C35H26FNO5/c1-41-21-16-17-28(42-2)25(19-21)30-31(32(38)24-12-6-7-13-26(24)36)37-27-14-8-3-9-20(27)15-18-29(37)35(30)33(39)22-10-4-5-11-23(22)34(35)40/h3-19,29-31H,1-2H3/t29-,30-,31+/m1/s1. The van der Waals surface area contributed by atoms with Gasteiger partial charge in [0.2, 0.25) is 0 Å². The van der Waals surface area contributed by atoms with Gasteiger partial charge in [-0.15, -0.1) is 0 Å². The Morgan fingerprint density at radius 2 is 1.50 bits per heavy atom. The van der Waals surface area contributed by atoms with E-state index in [1.54, 1.807) is 48.5 Å². The summed E-state index contributed by atoms with van der Waals surface area (Å²) in [6.07, 6.45) is 3.72.